The molecule has 138 valence electrons. The minimum atomic E-state index is -0.995. The Morgan fingerprint density at radius 3 is 2.77 bits per heavy atom. The van der Waals surface area contributed by atoms with Gasteiger partial charge in [-0.2, -0.15) is 0 Å². The number of carbonyl (C=O) groups is 1. The van der Waals surface area contributed by atoms with Gasteiger partial charge in [-0.1, -0.05) is 44.2 Å². The molecule has 1 unspecified atom stereocenters. The third kappa shape index (κ3) is 3.68. The highest BCUT2D eigenvalue weighted by atomic mass is 16.7. The molecule has 26 heavy (non-hydrogen) atoms. The molecule has 0 radical (unpaired) electrons. The fourth-order valence-electron chi connectivity index (χ4n) is 3.63. The largest absolute Gasteiger partial charge is 0.467 e. The lowest BCUT2D eigenvalue weighted by Gasteiger charge is -2.40. The van der Waals surface area contributed by atoms with Crippen molar-refractivity contribution in [3.05, 3.63) is 53.6 Å². The zero-order valence-electron chi connectivity index (χ0n) is 15.4. The van der Waals surface area contributed by atoms with Gasteiger partial charge in [-0.15, -0.1) is 0 Å². The van der Waals surface area contributed by atoms with E-state index in [1.165, 1.54) is 5.56 Å². The summed E-state index contributed by atoms with van der Waals surface area (Å²) in [5, 5.41) is 12.0. The van der Waals surface area contributed by atoms with Crippen LogP contribution in [0.5, 0.6) is 5.75 Å². The molecule has 5 nitrogen and oxygen atoms in total. The minimum absolute atomic E-state index is 0.143. The van der Waals surface area contributed by atoms with Crippen molar-refractivity contribution >= 4 is 6.09 Å². The van der Waals surface area contributed by atoms with E-state index in [0.29, 0.717) is 0 Å². The van der Waals surface area contributed by atoms with E-state index in [1.807, 2.05) is 24.3 Å². The van der Waals surface area contributed by atoms with Crippen molar-refractivity contribution in [2.75, 3.05) is 13.9 Å². The van der Waals surface area contributed by atoms with Crippen LogP contribution in [0.15, 0.2) is 42.5 Å². The van der Waals surface area contributed by atoms with Crippen molar-refractivity contribution in [1.29, 1.82) is 0 Å². The number of ether oxygens (including phenoxy) is 2. The number of nitrogens with one attached hydrogen (secondary N) is 1. The maximum atomic E-state index is 11.3. The summed E-state index contributed by atoms with van der Waals surface area (Å²) in [4.78, 5) is 11.3. The molecule has 2 N–H and O–H groups in total. The standard InChI is InChI=1S/C21H25NO4/c1-21(2)11-10-14-8-9-15(12-17(14)19(21)22-20(23)24)16-6-4-5-7-18(16)26-13-25-3/h4-9,12,19,22H,10-11,13H2,1-3H3,(H,23,24). The SMILES string of the molecule is COCOc1ccccc1-c1ccc2c(c1)C(NC(=O)O)C(C)(C)CC2. The Kier molecular flexibility index (Phi) is 5.18. The first-order valence-electron chi connectivity index (χ1n) is 8.76. The normalized spacial score (nSPS) is 18.0. The van der Waals surface area contributed by atoms with Gasteiger partial charge in [0.1, 0.15) is 5.75 Å². The predicted octanol–water partition coefficient (Wildman–Crippen LogP) is 4.62. The van der Waals surface area contributed by atoms with Crippen molar-refractivity contribution in [2.24, 2.45) is 5.41 Å². The van der Waals surface area contributed by atoms with E-state index in [0.717, 1.165) is 35.3 Å². The van der Waals surface area contributed by atoms with Gasteiger partial charge < -0.3 is 19.9 Å². The van der Waals surface area contributed by atoms with Gasteiger partial charge in [0.25, 0.3) is 0 Å². The first kappa shape index (κ1) is 18.3. The molecule has 0 bridgehead atoms. The average Bonchev–Trinajstić information content (AvgIpc) is 2.62. The third-order valence-corrected chi connectivity index (χ3v) is 5.08. The predicted molar refractivity (Wildman–Crippen MR) is 100 cm³/mol. The molecule has 0 spiro atoms. The smallest absolute Gasteiger partial charge is 0.405 e. The van der Waals surface area contributed by atoms with Crippen molar-refractivity contribution < 1.29 is 19.4 Å². The lowest BCUT2D eigenvalue weighted by Crippen LogP contribution is -2.40. The number of benzene rings is 2. The molecule has 2 aromatic rings. The Labute approximate surface area is 153 Å². The molecule has 0 heterocycles. The summed E-state index contributed by atoms with van der Waals surface area (Å²) in [6, 6.07) is 13.8. The summed E-state index contributed by atoms with van der Waals surface area (Å²) >= 11 is 0. The van der Waals surface area contributed by atoms with E-state index >= 15 is 0 Å². The molecule has 1 amide bonds. The first-order valence-corrected chi connectivity index (χ1v) is 8.76. The number of carboxylic acid groups (broad SMARTS) is 1. The summed E-state index contributed by atoms with van der Waals surface area (Å²) in [7, 11) is 1.59. The maximum Gasteiger partial charge on any atom is 0.405 e. The van der Waals surface area contributed by atoms with Crippen molar-refractivity contribution in [3.63, 3.8) is 0 Å². The van der Waals surface area contributed by atoms with E-state index in [2.05, 4.69) is 37.4 Å². The fraction of sp³-hybridized carbons (Fsp3) is 0.381. The van der Waals surface area contributed by atoms with E-state index in [-0.39, 0.29) is 18.2 Å². The lowest BCUT2D eigenvalue weighted by atomic mass is 9.70. The van der Waals surface area contributed by atoms with Gasteiger partial charge in [0.2, 0.25) is 0 Å². The van der Waals surface area contributed by atoms with Crippen molar-refractivity contribution in [1.82, 2.24) is 5.32 Å². The zero-order chi connectivity index (χ0) is 18.7. The Hall–Kier alpha value is -2.53. The fourth-order valence-corrected chi connectivity index (χ4v) is 3.63. The van der Waals surface area contributed by atoms with Gasteiger partial charge in [0, 0.05) is 12.7 Å². The van der Waals surface area contributed by atoms with Crippen LogP contribution in [0.25, 0.3) is 11.1 Å². The highest BCUT2D eigenvalue weighted by molar-refractivity contribution is 5.72. The van der Waals surface area contributed by atoms with Crippen LogP contribution in [0.1, 0.15) is 37.4 Å². The molecule has 0 aromatic heterocycles. The number of hydrogen-bond acceptors (Lipinski definition) is 3. The maximum absolute atomic E-state index is 11.3. The number of aryl methyl sites for hydroxylation is 1. The highest BCUT2D eigenvalue weighted by Crippen LogP contribution is 2.45. The van der Waals surface area contributed by atoms with Crippen LogP contribution >= 0.6 is 0 Å². The van der Waals surface area contributed by atoms with E-state index in [1.54, 1.807) is 7.11 Å². The number of hydrogen-bond donors (Lipinski definition) is 2. The van der Waals surface area contributed by atoms with Crippen LogP contribution in [-0.4, -0.2) is 25.1 Å². The van der Waals surface area contributed by atoms with Crippen LogP contribution in [0, 0.1) is 5.41 Å². The lowest BCUT2D eigenvalue weighted by molar-refractivity contribution is 0.0515. The molecule has 5 heteroatoms. The van der Waals surface area contributed by atoms with Crippen LogP contribution in [0.4, 0.5) is 4.79 Å². The van der Waals surface area contributed by atoms with Crippen LogP contribution in [-0.2, 0) is 11.2 Å². The molecule has 0 saturated heterocycles. The Morgan fingerprint density at radius 2 is 2.04 bits per heavy atom. The topological polar surface area (TPSA) is 67.8 Å². The molecule has 1 atom stereocenters. The summed E-state index contributed by atoms with van der Waals surface area (Å²) in [5.74, 6) is 0.743. The number of rotatable bonds is 5. The highest BCUT2D eigenvalue weighted by Gasteiger charge is 2.37. The molecule has 2 aromatic carbocycles. The van der Waals surface area contributed by atoms with Gasteiger partial charge in [-0.3, -0.25) is 0 Å². The monoisotopic (exact) mass is 355 g/mol. The van der Waals surface area contributed by atoms with E-state index < -0.39 is 6.09 Å². The second kappa shape index (κ2) is 7.38. The molecule has 0 saturated carbocycles. The summed E-state index contributed by atoms with van der Waals surface area (Å²) < 4.78 is 10.7. The molecule has 1 aliphatic carbocycles. The minimum Gasteiger partial charge on any atom is -0.467 e. The Balaban J connectivity index is 2.04. The molecular weight excluding hydrogens is 330 g/mol. The third-order valence-electron chi connectivity index (χ3n) is 5.08. The molecule has 1 aliphatic rings. The number of para-hydroxylation sites is 1. The number of fused-ring (bicyclic) bond motifs is 1. The second-order valence-electron chi connectivity index (χ2n) is 7.33. The first-order chi connectivity index (χ1) is 12.4. The van der Waals surface area contributed by atoms with E-state index in [9.17, 15) is 9.90 Å². The van der Waals surface area contributed by atoms with Crippen LogP contribution in [0.3, 0.4) is 0 Å². The average molecular weight is 355 g/mol. The molecular formula is C21H25NO4. The van der Waals surface area contributed by atoms with Gasteiger partial charge in [0.05, 0.1) is 6.04 Å². The quantitative estimate of drug-likeness (QED) is 0.768. The second-order valence-corrected chi connectivity index (χ2v) is 7.33. The van der Waals surface area contributed by atoms with Crippen molar-refractivity contribution in [2.45, 2.75) is 32.7 Å². The van der Waals surface area contributed by atoms with Crippen molar-refractivity contribution in [3.8, 4) is 16.9 Å². The van der Waals surface area contributed by atoms with Crippen LogP contribution in [0.2, 0.25) is 0 Å². The summed E-state index contributed by atoms with van der Waals surface area (Å²) in [6.45, 7) is 4.40. The van der Waals surface area contributed by atoms with Gasteiger partial charge >= 0.3 is 6.09 Å². The van der Waals surface area contributed by atoms with Gasteiger partial charge in [-0.05, 0) is 47.1 Å². The van der Waals surface area contributed by atoms with E-state index in [4.69, 9.17) is 9.47 Å². The Bertz CT molecular complexity index is 800. The molecule has 3 rings (SSSR count). The molecule has 0 fully saturated rings. The number of methoxy groups -OCH3 is 1. The van der Waals surface area contributed by atoms with Gasteiger partial charge in [0.15, 0.2) is 6.79 Å². The summed E-state index contributed by atoms with van der Waals surface area (Å²) in [5.41, 5.74) is 4.07. The molecule has 0 aliphatic heterocycles. The zero-order valence-corrected chi connectivity index (χ0v) is 15.4. The van der Waals surface area contributed by atoms with Gasteiger partial charge in [-0.25, -0.2) is 4.79 Å². The summed E-state index contributed by atoms with van der Waals surface area (Å²) in [6.07, 6.45) is 0.894. The van der Waals surface area contributed by atoms with Crippen LogP contribution < -0.4 is 10.1 Å². The Morgan fingerprint density at radius 1 is 1.27 bits per heavy atom. The number of amides is 1.